The zero-order valence-electron chi connectivity index (χ0n) is 12.1. The summed E-state index contributed by atoms with van der Waals surface area (Å²) in [6.45, 7) is 6.97. The summed E-state index contributed by atoms with van der Waals surface area (Å²) >= 11 is 0. The molecule has 0 aliphatic rings. The van der Waals surface area contributed by atoms with Crippen LogP contribution >= 0.6 is 0 Å². The first-order chi connectivity index (χ1) is 9.70. The van der Waals surface area contributed by atoms with E-state index >= 15 is 0 Å². The third-order valence-electron chi connectivity index (χ3n) is 3.10. The van der Waals surface area contributed by atoms with Crippen molar-refractivity contribution in [3.63, 3.8) is 0 Å². The molecule has 2 aromatic rings. The molecule has 1 heterocycles. The average Bonchev–Trinajstić information content (AvgIpc) is 3.00. The zero-order chi connectivity index (χ0) is 14.4. The van der Waals surface area contributed by atoms with Gasteiger partial charge in [-0.05, 0) is 38.0 Å². The van der Waals surface area contributed by atoms with E-state index in [9.17, 15) is 0 Å². The standard InChI is InChI=1S/C14H21N5O/c1-4-9-20-13-7-5-12(6-8-13)10(2)15-11(3)14-16-18-19-17-14/h5-8,10-11,15H,4,9H2,1-3H3,(H,16,17,18,19). The highest BCUT2D eigenvalue weighted by atomic mass is 16.5. The van der Waals surface area contributed by atoms with E-state index in [4.69, 9.17) is 4.74 Å². The van der Waals surface area contributed by atoms with E-state index < -0.39 is 0 Å². The van der Waals surface area contributed by atoms with Crippen molar-refractivity contribution < 1.29 is 4.74 Å². The zero-order valence-corrected chi connectivity index (χ0v) is 12.1. The molecule has 1 aromatic carbocycles. The van der Waals surface area contributed by atoms with Crippen LogP contribution in [-0.4, -0.2) is 27.2 Å². The Kier molecular flexibility index (Phi) is 5.06. The lowest BCUT2D eigenvalue weighted by atomic mass is 10.1. The molecule has 6 nitrogen and oxygen atoms in total. The molecule has 2 atom stereocenters. The maximum absolute atomic E-state index is 5.58. The molecular formula is C14H21N5O. The number of aromatic amines is 1. The van der Waals surface area contributed by atoms with Crippen molar-refractivity contribution in [3.8, 4) is 5.75 Å². The van der Waals surface area contributed by atoms with Gasteiger partial charge in [-0.1, -0.05) is 24.3 Å². The molecule has 0 aliphatic heterocycles. The van der Waals surface area contributed by atoms with Crippen molar-refractivity contribution in [1.82, 2.24) is 25.9 Å². The molecule has 0 spiro atoms. The Morgan fingerprint density at radius 2 is 1.95 bits per heavy atom. The molecule has 6 heteroatoms. The highest BCUT2D eigenvalue weighted by Gasteiger charge is 2.14. The third-order valence-corrected chi connectivity index (χ3v) is 3.10. The van der Waals surface area contributed by atoms with Gasteiger partial charge in [-0.25, -0.2) is 0 Å². The van der Waals surface area contributed by atoms with Crippen molar-refractivity contribution in [3.05, 3.63) is 35.7 Å². The predicted molar refractivity (Wildman–Crippen MR) is 76.4 cm³/mol. The van der Waals surface area contributed by atoms with Crippen molar-refractivity contribution in [1.29, 1.82) is 0 Å². The highest BCUT2D eigenvalue weighted by Crippen LogP contribution is 2.20. The van der Waals surface area contributed by atoms with Gasteiger partial charge in [0.1, 0.15) is 5.75 Å². The second-order valence-corrected chi connectivity index (χ2v) is 4.80. The summed E-state index contributed by atoms with van der Waals surface area (Å²) in [7, 11) is 0. The normalized spacial score (nSPS) is 13.9. The van der Waals surface area contributed by atoms with Crippen LogP contribution in [-0.2, 0) is 0 Å². The van der Waals surface area contributed by atoms with Crippen LogP contribution in [0, 0.1) is 0 Å². The van der Waals surface area contributed by atoms with Crippen molar-refractivity contribution in [2.45, 2.75) is 39.3 Å². The summed E-state index contributed by atoms with van der Waals surface area (Å²) < 4.78 is 5.58. The number of nitrogens with zero attached hydrogens (tertiary/aromatic N) is 3. The lowest BCUT2D eigenvalue weighted by molar-refractivity contribution is 0.317. The van der Waals surface area contributed by atoms with E-state index in [1.807, 2.05) is 19.1 Å². The fourth-order valence-corrected chi connectivity index (χ4v) is 1.97. The summed E-state index contributed by atoms with van der Waals surface area (Å²) in [5.41, 5.74) is 1.20. The van der Waals surface area contributed by atoms with E-state index in [0.717, 1.165) is 18.8 Å². The van der Waals surface area contributed by atoms with Crippen LogP contribution in [0.3, 0.4) is 0 Å². The number of benzene rings is 1. The number of aromatic nitrogens is 4. The first-order valence-corrected chi connectivity index (χ1v) is 6.93. The Morgan fingerprint density at radius 1 is 1.20 bits per heavy atom. The SMILES string of the molecule is CCCOc1ccc(C(C)NC(C)c2nn[nH]n2)cc1. The third kappa shape index (κ3) is 3.77. The number of hydrogen-bond acceptors (Lipinski definition) is 5. The maximum atomic E-state index is 5.58. The fourth-order valence-electron chi connectivity index (χ4n) is 1.97. The second kappa shape index (κ2) is 7.00. The minimum absolute atomic E-state index is 0.0415. The van der Waals surface area contributed by atoms with E-state index in [0.29, 0.717) is 5.82 Å². The molecule has 2 rings (SSSR count). The Labute approximate surface area is 118 Å². The average molecular weight is 275 g/mol. The number of ether oxygens (including phenoxy) is 1. The molecular weight excluding hydrogens is 254 g/mol. The van der Waals surface area contributed by atoms with Crippen LogP contribution in [0.15, 0.2) is 24.3 Å². The summed E-state index contributed by atoms with van der Waals surface area (Å²) in [6.07, 6.45) is 1.02. The van der Waals surface area contributed by atoms with Crippen LogP contribution < -0.4 is 10.1 Å². The second-order valence-electron chi connectivity index (χ2n) is 4.80. The van der Waals surface area contributed by atoms with Crippen LogP contribution in [0.2, 0.25) is 0 Å². The van der Waals surface area contributed by atoms with E-state index in [1.165, 1.54) is 5.56 Å². The number of H-pyrrole nitrogens is 1. The topological polar surface area (TPSA) is 75.7 Å². The van der Waals surface area contributed by atoms with Gasteiger partial charge in [0.15, 0.2) is 5.82 Å². The maximum Gasteiger partial charge on any atom is 0.191 e. The molecule has 2 unspecified atom stereocenters. The van der Waals surface area contributed by atoms with Gasteiger partial charge >= 0.3 is 0 Å². The van der Waals surface area contributed by atoms with Gasteiger partial charge in [-0.15, -0.1) is 10.2 Å². The summed E-state index contributed by atoms with van der Waals surface area (Å²) in [6, 6.07) is 8.39. The highest BCUT2D eigenvalue weighted by molar-refractivity contribution is 5.29. The van der Waals surface area contributed by atoms with Crippen molar-refractivity contribution in [2.75, 3.05) is 6.61 Å². The van der Waals surface area contributed by atoms with Crippen LogP contribution in [0.5, 0.6) is 5.75 Å². The Balaban J connectivity index is 1.93. The molecule has 0 bridgehead atoms. The predicted octanol–water partition coefficient (Wildman–Crippen LogP) is 2.40. The largest absolute Gasteiger partial charge is 0.494 e. The van der Waals surface area contributed by atoms with Crippen LogP contribution in [0.4, 0.5) is 0 Å². The Hall–Kier alpha value is -1.95. The monoisotopic (exact) mass is 275 g/mol. The first kappa shape index (κ1) is 14.5. The van der Waals surface area contributed by atoms with Crippen molar-refractivity contribution >= 4 is 0 Å². The van der Waals surface area contributed by atoms with Crippen molar-refractivity contribution in [2.24, 2.45) is 0 Å². The number of rotatable bonds is 7. The number of tetrazole rings is 1. The lowest BCUT2D eigenvalue weighted by Gasteiger charge is -2.18. The quantitative estimate of drug-likeness (QED) is 0.811. The molecule has 0 radical (unpaired) electrons. The Morgan fingerprint density at radius 3 is 2.55 bits per heavy atom. The molecule has 108 valence electrons. The van der Waals surface area contributed by atoms with Gasteiger partial charge in [0.25, 0.3) is 0 Å². The molecule has 2 N–H and O–H groups in total. The van der Waals surface area contributed by atoms with Gasteiger partial charge in [-0.3, -0.25) is 0 Å². The summed E-state index contributed by atoms with van der Waals surface area (Å²) in [4.78, 5) is 0. The molecule has 0 fully saturated rings. The Bertz CT molecular complexity index is 497. The minimum atomic E-state index is 0.0415. The molecule has 0 saturated heterocycles. The fraction of sp³-hybridized carbons (Fsp3) is 0.500. The van der Waals surface area contributed by atoms with Gasteiger partial charge in [0, 0.05) is 6.04 Å². The molecule has 0 saturated carbocycles. The van der Waals surface area contributed by atoms with Gasteiger partial charge in [-0.2, -0.15) is 5.21 Å². The first-order valence-electron chi connectivity index (χ1n) is 6.93. The smallest absolute Gasteiger partial charge is 0.191 e. The van der Waals surface area contributed by atoms with Gasteiger partial charge in [0.2, 0.25) is 0 Å². The minimum Gasteiger partial charge on any atom is -0.494 e. The number of hydrogen-bond donors (Lipinski definition) is 2. The number of nitrogens with one attached hydrogen (secondary N) is 2. The summed E-state index contributed by atoms with van der Waals surface area (Å²) in [5.74, 6) is 1.58. The lowest BCUT2D eigenvalue weighted by Crippen LogP contribution is -2.23. The molecule has 20 heavy (non-hydrogen) atoms. The van der Waals surface area contributed by atoms with E-state index in [2.05, 4.69) is 51.9 Å². The van der Waals surface area contributed by atoms with E-state index in [-0.39, 0.29) is 12.1 Å². The van der Waals surface area contributed by atoms with E-state index in [1.54, 1.807) is 0 Å². The summed E-state index contributed by atoms with van der Waals surface area (Å²) in [5, 5.41) is 17.4. The van der Waals surface area contributed by atoms with Gasteiger partial charge in [0.05, 0.1) is 12.6 Å². The molecule has 0 amide bonds. The molecule has 0 aliphatic carbocycles. The van der Waals surface area contributed by atoms with Crippen LogP contribution in [0.1, 0.15) is 50.7 Å². The van der Waals surface area contributed by atoms with Gasteiger partial charge < -0.3 is 10.1 Å². The van der Waals surface area contributed by atoms with Crippen LogP contribution in [0.25, 0.3) is 0 Å². The molecule has 1 aromatic heterocycles.